The summed E-state index contributed by atoms with van der Waals surface area (Å²) in [6.07, 6.45) is 1.75. The van der Waals surface area contributed by atoms with E-state index in [9.17, 15) is 10.1 Å². The van der Waals surface area contributed by atoms with Crippen LogP contribution in [0.2, 0.25) is 0 Å². The quantitative estimate of drug-likeness (QED) is 0.488. The van der Waals surface area contributed by atoms with E-state index in [2.05, 4.69) is 37.9 Å². The molecule has 0 radical (unpaired) electrons. The molecule has 0 aliphatic heterocycles. The third-order valence-corrected chi connectivity index (χ3v) is 3.94. The number of nitro benzene ring substituents is 1. The molecule has 4 nitrogen and oxygen atoms in total. The number of hydrogen-bond donors (Lipinski definition) is 0. The molecule has 1 aromatic heterocycles. The minimum absolute atomic E-state index is 0.0144. The summed E-state index contributed by atoms with van der Waals surface area (Å²) in [5.41, 5.74) is 3.86. The summed E-state index contributed by atoms with van der Waals surface area (Å²) >= 11 is 0. The first-order valence-electron chi connectivity index (χ1n) is 7.50. The van der Waals surface area contributed by atoms with Gasteiger partial charge in [0.2, 0.25) is 0 Å². The highest BCUT2D eigenvalue weighted by molar-refractivity contribution is 5.94. The van der Waals surface area contributed by atoms with Gasteiger partial charge < -0.3 is 0 Å². The number of fused-ring (bicyclic) bond motifs is 1. The second kappa shape index (κ2) is 5.47. The third kappa shape index (κ3) is 2.93. The zero-order chi connectivity index (χ0) is 16.6. The second-order valence-electron chi connectivity index (χ2n) is 6.66. The van der Waals surface area contributed by atoms with Crippen LogP contribution in [-0.4, -0.2) is 9.91 Å². The molecule has 4 heteroatoms. The van der Waals surface area contributed by atoms with Crippen molar-refractivity contribution in [1.29, 1.82) is 0 Å². The Morgan fingerprint density at radius 3 is 2.52 bits per heavy atom. The third-order valence-electron chi connectivity index (χ3n) is 3.94. The molecule has 0 unspecified atom stereocenters. The van der Waals surface area contributed by atoms with Crippen molar-refractivity contribution in [3.05, 3.63) is 70.4 Å². The molecule has 0 saturated heterocycles. The zero-order valence-electron chi connectivity index (χ0n) is 13.4. The lowest BCUT2D eigenvalue weighted by atomic mass is 9.84. The Bertz CT molecular complexity index is 895. The molecule has 0 saturated carbocycles. The average molecular weight is 306 g/mol. The van der Waals surface area contributed by atoms with Gasteiger partial charge in [-0.2, -0.15) is 0 Å². The maximum absolute atomic E-state index is 11.1. The Balaban J connectivity index is 2.31. The fourth-order valence-electron chi connectivity index (χ4n) is 2.63. The number of non-ortho nitro benzene ring substituents is 1. The first-order valence-corrected chi connectivity index (χ1v) is 7.50. The summed E-state index contributed by atoms with van der Waals surface area (Å²) in [4.78, 5) is 15.2. The normalized spacial score (nSPS) is 11.6. The van der Waals surface area contributed by atoms with Crippen molar-refractivity contribution in [2.45, 2.75) is 26.2 Å². The Hall–Kier alpha value is -2.75. The van der Waals surface area contributed by atoms with Crippen molar-refractivity contribution in [1.82, 2.24) is 4.98 Å². The highest BCUT2D eigenvalue weighted by Crippen LogP contribution is 2.34. The molecule has 2 aromatic carbocycles. The van der Waals surface area contributed by atoms with Crippen LogP contribution in [0.25, 0.3) is 22.0 Å². The van der Waals surface area contributed by atoms with Gasteiger partial charge in [-0.15, -0.1) is 0 Å². The molecule has 116 valence electrons. The van der Waals surface area contributed by atoms with Crippen LogP contribution < -0.4 is 0 Å². The number of hydrogen-bond acceptors (Lipinski definition) is 3. The Morgan fingerprint density at radius 1 is 1.04 bits per heavy atom. The van der Waals surface area contributed by atoms with Crippen molar-refractivity contribution in [3.63, 3.8) is 0 Å². The topological polar surface area (TPSA) is 56.0 Å². The molecule has 0 atom stereocenters. The Labute approximate surface area is 135 Å². The number of pyridine rings is 1. The van der Waals surface area contributed by atoms with Crippen LogP contribution in [0.15, 0.2) is 54.7 Å². The summed E-state index contributed by atoms with van der Waals surface area (Å²) < 4.78 is 0. The molecule has 0 amide bonds. The maximum atomic E-state index is 11.1. The van der Waals surface area contributed by atoms with Crippen LogP contribution in [-0.2, 0) is 5.41 Å². The van der Waals surface area contributed by atoms with Gasteiger partial charge in [0.25, 0.3) is 5.69 Å². The van der Waals surface area contributed by atoms with Crippen LogP contribution in [0.3, 0.4) is 0 Å². The smallest absolute Gasteiger partial charge is 0.258 e. The van der Waals surface area contributed by atoms with Gasteiger partial charge in [0.05, 0.1) is 10.4 Å². The average Bonchev–Trinajstić information content (AvgIpc) is 2.53. The van der Waals surface area contributed by atoms with Crippen LogP contribution in [0, 0.1) is 10.1 Å². The van der Waals surface area contributed by atoms with Gasteiger partial charge in [-0.05, 0) is 34.7 Å². The molecule has 23 heavy (non-hydrogen) atoms. The van der Waals surface area contributed by atoms with E-state index in [0.717, 1.165) is 22.0 Å². The van der Waals surface area contributed by atoms with Gasteiger partial charge >= 0.3 is 0 Å². The molecular formula is C19H18N2O2. The van der Waals surface area contributed by atoms with E-state index >= 15 is 0 Å². The monoisotopic (exact) mass is 306 g/mol. The predicted molar refractivity (Wildman–Crippen MR) is 92.5 cm³/mol. The molecule has 1 heterocycles. The maximum Gasteiger partial charge on any atom is 0.270 e. The van der Waals surface area contributed by atoms with Crippen LogP contribution in [0.4, 0.5) is 5.69 Å². The Morgan fingerprint density at radius 2 is 1.83 bits per heavy atom. The van der Waals surface area contributed by atoms with Crippen LogP contribution in [0.1, 0.15) is 26.3 Å². The van der Waals surface area contributed by atoms with Gasteiger partial charge in [0.1, 0.15) is 0 Å². The largest absolute Gasteiger partial charge is 0.270 e. The van der Waals surface area contributed by atoms with Crippen molar-refractivity contribution in [3.8, 4) is 11.1 Å². The molecular weight excluding hydrogens is 288 g/mol. The van der Waals surface area contributed by atoms with E-state index in [1.54, 1.807) is 18.3 Å². The van der Waals surface area contributed by atoms with Gasteiger partial charge in [0, 0.05) is 29.3 Å². The number of aromatic nitrogens is 1. The molecule has 3 rings (SSSR count). The molecule has 3 aromatic rings. The lowest BCUT2D eigenvalue weighted by Gasteiger charge is -2.21. The van der Waals surface area contributed by atoms with Crippen molar-refractivity contribution in [2.24, 2.45) is 0 Å². The number of nitro groups is 1. The van der Waals surface area contributed by atoms with Gasteiger partial charge in [0.15, 0.2) is 0 Å². The first-order chi connectivity index (χ1) is 10.9. The van der Waals surface area contributed by atoms with E-state index in [-0.39, 0.29) is 16.0 Å². The number of benzene rings is 2. The zero-order valence-corrected chi connectivity index (χ0v) is 13.4. The predicted octanol–water partition coefficient (Wildman–Crippen LogP) is 5.11. The van der Waals surface area contributed by atoms with E-state index in [1.165, 1.54) is 11.6 Å². The molecule has 0 spiro atoms. The Kier molecular flexibility index (Phi) is 3.60. The van der Waals surface area contributed by atoms with E-state index < -0.39 is 0 Å². The summed E-state index contributed by atoms with van der Waals surface area (Å²) in [6, 6.07) is 14.9. The van der Waals surface area contributed by atoms with Gasteiger partial charge in [-0.25, -0.2) is 0 Å². The highest BCUT2D eigenvalue weighted by atomic mass is 16.6. The summed E-state index contributed by atoms with van der Waals surface area (Å²) in [6.45, 7) is 6.46. The molecule has 0 bridgehead atoms. The van der Waals surface area contributed by atoms with Crippen LogP contribution >= 0.6 is 0 Å². The van der Waals surface area contributed by atoms with E-state index in [1.807, 2.05) is 18.2 Å². The number of rotatable bonds is 2. The number of nitrogens with zero attached hydrogens (tertiary/aromatic N) is 2. The van der Waals surface area contributed by atoms with E-state index in [4.69, 9.17) is 0 Å². The summed E-state index contributed by atoms with van der Waals surface area (Å²) in [7, 11) is 0. The SMILES string of the molecule is CC(C)(C)c1cc(-c2cccc([N+](=O)[O-])c2)c2ncccc2c1. The summed E-state index contributed by atoms with van der Waals surface area (Å²) in [5.74, 6) is 0. The van der Waals surface area contributed by atoms with Crippen molar-refractivity contribution >= 4 is 16.6 Å². The fraction of sp³-hybridized carbons (Fsp3) is 0.211. The lowest BCUT2D eigenvalue weighted by molar-refractivity contribution is -0.384. The fourth-order valence-corrected chi connectivity index (χ4v) is 2.63. The lowest BCUT2D eigenvalue weighted by Crippen LogP contribution is -2.11. The summed E-state index contributed by atoms with van der Waals surface area (Å²) in [5, 5.41) is 12.1. The minimum atomic E-state index is -0.368. The van der Waals surface area contributed by atoms with Gasteiger partial charge in [-0.3, -0.25) is 15.1 Å². The molecule has 0 N–H and O–H groups in total. The highest BCUT2D eigenvalue weighted by Gasteiger charge is 2.18. The van der Waals surface area contributed by atoms with E-state index in [0.29, 0.717) is 0 Å². The molecule has 0 aliphatic carbocycles. The molecule has 0 fully saturated rings. The standard InChI is InChI=1S/C19H18N2O2/c1-19(2,3)15-10-14-7-5-9-20-18(14)17(12-15)13-6-4-8-16(11-13)21(22)23/h4-12H,1-3H3. The molecule has 0 aliphatic rings. The minimum Gasteiger partial charge on any atom is -0.258 e. The van der Waals surface area contributed by atoms with Crippen molar-refractivity contribution in [2.75, 3.05) is 0 Å². The first kappa shape index (κ1) is 15.2. The van der Waals surface area contributed by atoms with Crippen molar-refractivity contribution < 1.29 is 4.92 Å². The van der Waals surface area contributed by atoms with Crippen LogP contribution in [0.5, 0.6) is 0 Å². The second-order valence-corrected chi connectivity index (χ2v) is 6.66. The van der Waals surface area contributed by atoms with Gasteiger partial charge in [-0.1, -0.05) is 39.0 Å².